The molecule has 0 bridgehead atoms. The molecule has 2 aliphatic rings. The van der Waals surface area contributed by atoms with Gasteiger partial charge in [-0.2, -0.15) is 0 Å². The number of hydrogen-bond acceptors (Lipinski definition) is 5. The Labute approximate surface area is 169 Å². The molecule has 2 fully saturated rings. The highest BCUT2D eigenvalue weighted by Gasteiger charge is 2.42. The van der Waals surface area contributed by atoms with Crippen LogP contribution in [0.4, 0.5) is 5.95 Å². The molecule has 2 aromatic heterocycles. The third-order valence-electron chi connectivity index (χ3n) is 5.94. The molecule has 2 aliphatic heterocycles. The van der Waals surface area contributed by atoms with Crippen LogP contribution < -0.4 is 4.90 Å². The maximum Gasteiger partial charge on any atom is 0.254 e. The van der Waals surface area contributed by atoms with E-state index in [4.69, 9.17) is 0 Å². The Morgan fingerprint density at radius 3 is 2.38 bits per heavy atom. The number of nitrogens with one attached hydrogen (secondary N) is 1. The van der Waals surface area contributed by atoms with E-state index in [9.17, 15) is 4.79 Å². The lowest BCUT2D eigenvalue weighted by molar-refractivity contribution is 0.0783. The average molecular weight is 388 g/mol. The highest BCUT2D eigenvalue weighted by molar-refractivity contribution is 6.00. The van der Waals surface area contributed by atoms with E-state index in [0.29, 0.717) is 17.4 Å². The second-order valence-electron chi connectivity index (χ2n) is 8.07. The quantitative estimate of drug-likeness (QED) is 0.746. The number of imidazole rings is 1. The fourth-order valence-electron chi connectivity index (χ4n) is 4.63. The van der Waals surface area contributed by atoms with Crippen molar-refractivity contribution in [1.29, 1.82) is 0 Å². The average Bonchev–Trinajstić information content (AvgIpc) is 3.43. The summed E-state index contributed by atoms with van der Waals surface area (Å²) in [6, 6.07) is 9.69. The Morgan fingerprint density at radius 1 is 1.03 bits per heavy atom. The van der Waals surface area contributed by atoms with E-state index in [1.54, 1.807) is 12.4 Å². The van der Waals surface area contributed by atoms with E-state index in [1.807, 2.05) is 49.1 Å². The van der Waals surface area contributed by atoms with Crippen molar-refractivity contribution in [3.05, 3.63) is 59.7 Å². The maximum absolute atomic E-state index is 13.3. The van der Waals surface area contributed by atoms with Gasteiger partial charge in [0.25, 0.3) is 5.91 Å². The van der Waals surface area contributed by atoms with Gasteiger partial charge in [0.1, 0.15) is 5.82 Å². The van der Waals surface area contributed by atoms with Crippen LogP contribution in [0.1, 0.15) is 21.7 Å². The third kappa shape index (κ3) is 3.26. The number of carbonyl (C=O) groups excluding carboxylic acids is 1. The molecule has 2 unspecified atom stereocenters. The zero-order valence-corrected chi connectivity index (χ0v) is 16.7. The maximum atomic E-state index is 13.3. The van der Waals surface area contributed by atoms with E-state index in [-0.39, 0.29) is 5.91 Å². The number of aromatic amines is 1. The van der Waals surface area contributed by atoms with Crippen molar-refractivity contribution >= 4 is 11.9 Å². The van der Waals surface area contributed by atoms with Gasteiger partial charge in [0, 0.05) is 67.4 Å². The molecule has 3 aromatic rings. The van der Waals surface area contributed by atoms with Gasteiger partial charge in [-0.1, -0.05) is 18.2 Å². The number of H-pyrrole nitrogens is 1. The SMILES string of the molecule is Cc1cc(C)nc(N2CC3CN(C(=O)c4ccccc4-c4ncc[nH]4)CC3C2)n1. The standard InChI is InChI=1S/C22H24N6O/c1-14-9-15(2)26-22(25-14)28-12-16-10-27(11-17(16)13-28)21(29)19-6-4-3-5-18(19)20-23-7-8-24-20/h3-9,16-17H,10-13H2,1-2H3,(H,23,24). The summed E-state index contributed by atoms with van der Waals surface area (Å²) < 4.78 is 0. The molecule has 0 radical (unpaired) electrons. The van der Waals surface area contributed by atoms with Crippen LogP contribution in [0, 0.1) is 25.7 Å². The molecule has 29 heavy (non-hydrogen) atoms. The van der Waals surface area contributed by atoms with Gasteiger partial charge in [0.05, 0.1) is 5.56 Å². The molecule has 7 nitrogen and oxygen atoms in total. The first-order valence-corrected chi connectivity index (χ1v) is 10.0. The number of benzene rings is 1. The summed E-state index contributed by atoms with van der Waals surface area (Å²) in [7, 11) is 0. The number of anilines is 1. The van der Waals surface area contributed by atoms with Crippen molar-refractivity contribution in [2.24, 2.45) is 11.8 Å². The van der Waals surface area contributed by atoms with Gasteiger partial charge in [-0.25, -0.2) is 15.0 Å². The van der Waals surface area contributed by atoms with Gasteiger partial charge in [0.2, 0.25) is 5.95 Å². The highest BCUT2D eigenvalue weighted by Crippen LogP contribution is 2.34. The fraction of sp³-hybridized carbons (Fsp3) is 0.364. The minimum Gasteiger partial charge on any atom is -0.345 e. The minimum atomic E-state index is 0.0839. The van der Waals surface area contributed by atoms with Crippen LogP contribution in [-0.4, -0.2) is 56.9 Å². The van der Waals surface area contributed by atoms with Gasteiger partial charge >= 0.3 is 0 Å². The number of hydrogen-bond donors (Lipinski definition) is 1. The lowest BCUT2D eigenvalue weighted by atomic mass is 10.0. The molecule has 148 valence electrons. The summed E-state index contributed by atoms with van der Waals surface area (Å²) in [6.07, 6.45) is 3.49. The lowest BCUT2D eigenvalue weighted by Crippen LogP contribution is -2.34. The largest absolute Gasteiger partial charge is 0.345 e. The van der Waals surface area contributed by atoms with E-state index in [0.717, 1.165) is 54.9 Å². The van der Waals surface area contributed by atoms with Crippen molar-refractivity contribution in [3.8, 4) is 11.4 Å². The molecule has 0 saturated carbocycles. The number of nitrogens with zero attached hydrogens (tertiary/aromatic N) is 5. The van der Waals surface area contributed by atoms with Gasteiger partial charge in [-0.15, -0.1) is 0 Å². The fourth-order valence-corrected chi connectivity index (χ4v) is 4.63. The second-order valence-corrected chi connectivity index (χ2v) is 8.07. The van der Waals surface area contributed by atoms with Gasteiger partial charge in [-0.3, -0.25) is 4.79 Å². The van der Waals surface area contributed by atoms with Crippen LogP contribution in [0.25, 0.3) is 11.4 Å². The normalized spacial score (nSPS) is 20.9. The smallest absolute Gasteiger partial charge is 0.254 e. The van der Waals surface area contributed by atoms with Crippen molar-refractivity contribution in [2.45, 2.75) is 13.8 Å². The molecule has 7 heteroatoms. The topological polar surface area (TPSA) is 78.0 Å². The van der Waals surface area contributed by atoms with E-state index >= 15 is 0 Å². The molecule has 5 rings (SSSR count). The third-order valence-corrected chi connectivity index (χ3v) is 5.94. The van der Waals surface area contributed by atoms with Crippen LogP contribution in [0.15, 0.2) is 42.7 Å². The minimum absolute atomic E-state index is 0.0839. The Hall–Kier alpha value is -3.22. The monoisotopic (exact) mass is 388 g/mol. The molecule has 0 aliphatic carbocycles. The predicted octanol–water partition coefficient (Wildman–Crippen LogP) is 2.69. The van der Waals surface area contributed by atoms with Crippen LogP contribution in [0.2, 0.25) is 0 Å². The zero-order chi connectivity index (χ0) is 20.0. The molecule has 1 amide bonds. The Balaban J connectivity index is 1.32. The number of rotatable bonds is 3. The van der Waals surface area contributed by atoms with Crippen molar-refractivity contribution in [1.82, 2.24) is 24.8 Å². The van der Waals surface area contributed by atoms with Crippen LogP contribution >= 0.6 is 0 Å². The summed E-state index contributed by atoms with van der Waals surface area (Å²) in [4.78, 5) is 34.2. The Morgan fingerprint density at radius 2 is 1.72 bits per heavy atom. The molecular formula is C22H24N6O. The van der Waals surface area contributed by atoms with Gasteiger partial charge in [-0.05, 0) is 26.0 Å². The first-order valence-electron chi connectivity index (χ1n) is 10.0. The van der Waals surface area contributed by atoms with Crippen LogP contribution in [0.5, 0.6) is 0 Å². The summed E-state index contributed by atoms with van der Waals surface area (Å²) in [5, 5.41) is 0. The van der Waals surface area contributed by atoms with Crippen LogP contribution in [0.3, 0.4) is 0 Å². The first kappa shape index (κ1) is 17.8. The van der Waals surface area contributed by atoms with Crippen molar-refractivity contribution in [2.75, 3.05) is 31.1 Å². The number of fused-ring (bicyclic) bond motifs is 1. The molecule has 2 saturated heterocycles. The number of likely N-dealkylation sites (tertiary alicyclic amines) is 1. The highest BCUT2D eigenvalue weighted by atomic mass is 16.2. The van der Waals surface area contributed by atoms with E-state index in [1.165, 1.54) is 0 Å². The molecule has 4 heterocycles. The van der Waals surface area contributed by atoms with Crippen molar-refractivity contribution in [3.63, 3.8) is 0 Å². The Bertz CT molecular complexity index is 1010. The Kier molecular flexibility index (Phi) is 4.30. The molecule has 1 aromatic carbocycles. The summed E-state index contributed by atoms with van der Waals surface area (Å²) >= 11 is 0. The number of amides is 1. The first-order chi connectivity index (χ1) is 14.1. The number of aromatic nitrogens is 4. The molecule has 1 N–H and O–H groups in total. The van der Waals surface area contributed by atoms with Gasteiger partial charge < -0.3 is 14.8 Å². The summed E-state index contributed by atoms with van der Waals surface area (Å²) in [6.45, 7) is 7.36. The lowest BCUT2D eigenvalue weighted by Gasteiger charge is -2.23. The molecule has 0 spiro atoms. The second kappa shape index (κ2) is 6.99. The molecule has 2 atom stereocenters. The summed E-state index contributed by atoms with van der Waals surface area (Å²) in [5.41, 5.74) is 3.55. The number of carbonyl (C=O) groups is 1. The zero-order valence-electron chi connectivity index (χ0n) is 16.7. The van der Waals surface area contributed by atoms with Crippen LogP contribution in [-0.2, 0) is 0 Å². The van der Waals surface area contributed by atoms with Crippen molar-refractivity contribution < 1.29 is 4.79 Å². The molecular weight excluding hydrogens is 364 g/mol. The van der Waals surface area contributed by atoms with E-state index < -0.39 is 0 Å². The number of aryl methyl sites for hydroxylation is 2. The van der Waals surface area contributed by atoms with Gasteiger partial charge in [0.15, 0.2) is 0 Å². The predicted molar refractivity (Wildman–Crippen MR) is 111 cm³/mol. The van der Waals surface area contributed by atoms with E-state index in [2.05, 4.69) is 24.8 Å². The summed E-state index contributed by atoms with van der Waals surface area (Å²) in [5.74, 6) is 2.54.